The number of nitrogens with zero attached hydrogens (tertiary/aromatic N) is 4. The number of fused-ring (bicyclic) bond motifs is 4. The molecule has 29 heavy (non-hydrogen) atoms. The molecule has 0 N–H and O–H groups in total. The molecule has 6 nitrogen and oxygen atoms in total. The van der Waals surface area contributed by atoms with Gasteiger partial charge in [0.15, 0.2) is 0 Å². The first-order chi connectivity index (χ1) is 13.9. The van der Waals surface area contributed by atoms with Crippen molar-refractivity contribution in [3.8, 4) is 0 Å². The van der Waals surface area contributed by atoms with Crippen molar-refractivity contribution >= 4 is 38.7 Å². The van der Waals surface area contributed by atoms with Gasteiger partial charge in [-0.3, -0.25) is 14.0 Å². The van der Waals surface area contributed by atoms with E-state index >= 15 is 0 Å². The second-order valence-corrected chi connectivity index (χ2v) is 8.42. The number of rotatable bonds is 2. The Morgan fingerprint density at radius 1 is 1.28 bits per heavy atom. The molecule has 0 saturated carbocycles. The van der Waals surface area contributed by atoms with Crippen LogP contribution < -0.4 is 10.5 Å². The fraction of sp³-hybridized carbons (Fsp3) is 0.286. The van der Waals surface area contributed by atoms with Gasteiger partial charge in [-0.05, 0) is 68.0 Å². The first-order valence-electron chi connectivity index (χ1n) is 9.51. The standard InChI is InChI=1S/C21H19FN4O2S/c1-12-3-4-14-9-15(22)5-6-16(14)25(12)20(27)11-24-21(28)18-10-19-17(7-8-29-19)26(18)13(2)23-24/h5-10,12H,3-4,11H2,1-2H3/t12-/m0/s1. The fourth-order valence-electron chi connectivity index (χ4n) is 4.24. The number of thiophene rings is 1. The van der Waals surface area contributed by atoms with Crippen LogP contribution in [0.4, 0.5) is 10.1 Å². The van der Waals surface area contributed by atoms with Crippen LogP contribution in [0, 0.1) is 12.7 Å². The first kappa shape index (κ1) is 18.1. The number of aryl methyl sites for hydroxylation is 2. The number of hydrogen-bond donors (Lipinski definition) is 0. The summed E-state index contributed by atoms with van der Waals surface area (Å²) in [5.74, 6) is 0.115. The van der Waals surface area contributed by atoms with Crippen LogP contribution in [0.2, 0.25) is 0 Å². The highest BCUT2D eigenvalue weighted by atomic mass is 32.1. The van der Waals surface area contributed by atoms with Crippen molar-refractivity contribution in [1.82, 2.24) is 14.2 Å². The third-order valence-corrected chi connectivity index (χ3v) is 6.45. The van der Waals surface area contributed by atoms with E-state index in [-0.39, 0.29) is 29.9 Å². The lowest BCUT2D eigenvalue weighted by molar-refractivity contribution is -0.120. The van der Waals surface area contributed by atoms with E-state index in [1.165, 1.54) is 16.8 Å². The highest BCUT2D eigenvalue weighted by Crippen LogP contribution is 2.31. The summed E-state index contributed by atoms with van der Waals surface area (Å²) in [5, 5.41) is 6.37. The van der Waals surface area contributed by atoms with Gasteiger partial charge in [0.25, 0.3) is 5.56 Å². The van der Waals surface area contributed by atoms with Crippen molar-refractivity contribution in [2.75, 3.05) is 4.90 Å². The van der Waals surface area contributed by atoms with Crippen LogP contribution in [0.1, 0.15) is 24.7 Å². The zero-order valence-electron chi connectivity index (χ0n) is 16.1. The Kier molecular flexibility index (Phi) is 4.06. The summed E-state index contributed by atoms with van der Waals surface area (Å²) >= 11 is 1.56. The van der Waals surface area contributed by atoms with Gasteiger partial charge in [-0.25, -0.2) is 9.07 Å². The van der Waals surface area contributed by atoms with Crippen molar-refractivity contribution in [3.63, 3.8) is 0 Å². The lowest BCUT2D eigenvalue weighted by atomic mass is 9.96. The van der Waals surface area contributed by atoms with Crippen molar-refractivity contribution in [2.24, 2.45) is 0 Å². The molecular weight excluding hydrogens is 391 g/mol. The molecule has 4 aromatic rings. The molecule has 1 aliphatic rings. The molecule has 1 aliphatic heterocycles. The zero-order valence-corrected chi connectivity index (χ0v) is 16.9. The third-order valence-electron chi connectivity index (χ3n) is 5.59. The summed E-state index contributed by atoms with van der Waals surface area (Å²) in [6.45, 7) is 3.64. The number of carbonyl (C=O) groups is 1. The predicted molar refractivity (Wildman–Crippen MR) is 111 cm³/mol. The minimum atomic E-state index is -0.308. The van der Waals surface area contributed by atoms with Gasteiger partial charge in [-0.1, -0.05) is 0 Å². The highest BCUT2D eigenvalue weighted by Gasteiger charge is 2.29. The lowest BCUT2D eigenvalue weighted by Gasteiger charge is -2.35. The molecule has 0 spiro atoms. The van der Waals surface area contributed by atoms with E-state index in [4.69, 9.17) is 0 Å². The Labute approximate surface area is 169 Å². The molecule has 3 aromatic heterocycles. The summed E-state index contributed by atoms with van der Waals surface area (Å²) in [4.78, 5) is 27.8. The van der Waals surface area contributed by atoms with Gasteiger partial charge < -0.3 is 4.90 Å². The van der Waals surface area contributed by atoms with Gasteiger partial charge in [0, 0.05) is 11.7 Å². The van der Waals surface area contributed by atoms with Gasteiger partial charge in [-0.15, -0.1) is 11.3 Å². The van der Waals surface area contributed by atoms with Crippen LogP contribution >= 0.6 is 11.3 Å². The van der Waals surface area contributed by atoms with Crippen LogP contribution in [0.3, 0.4) is 0 Å². The molecule has 0 aliphatic carbocycles. The molecule has 1 amide bonds. The maximum atomic E-state index is 13.6. The average molecular weight is 410 g/mol. The zero-order chi connectivity index (χ0) is 20.3. The van der Waals surface area contributed by atoms with Crippen LogP contribution in [-0.2, 0) is 17.8 Å². The highest BCUT2D eigenvalue weighted by molar-refractivity contribution is 7.17. The first-order valence-corrected chi connectivity index (χ1v) is 10.4. The Balaban J connectivity index is 1.55. The summed E-state index contributed by atoms with van der Waals surface area (Å²) in [6.07, 6.45) is 1.47. The molecule has 0 radical (unpaired) electrons. The normalized spacial score (nSPS) is 16.5. The van der Waals surface area contributed by atoms with Crippen molar-refractivity contribution in [1.29, 1.82) is 0 Å². The van der Waals surface area contributed by atoms with Crippen molar-refractivity contribution < 1.29 is 9.18 Å². The minimum absolute atomic E-state index is 0.0281. The summed E-state index contributed by atoms with van der Waals surface area (Å²) in [5.41, 5.74) is 2.70. The Morgan fingerprint density at radius 3 is 2.93 bits per heavy atom. The second kappa shape index (κ2) is 6.52. The number of carbonyl (C=O) groups excluding carboxylic acids is 1. The maximum absolute atomic E-state index is 13.6. The molecule has 0 fully saturated rings. The summed E-state index contributed by atoms with van der Waals surface area (Å²) < 4.78 is 17.7. The number of amides is 1. The molecule has 0 unspecified atom stereocenters. The number of aromatic nitrogens is 3. The van der Waals surface area contributed by atoms with Gasteiger partial charge >= 0.3 is 0 Å². The van der Waals surface area contributed by atoms with Crippen LogP contribution in [0.15, 0.2) is 40.5 Å². The van der Waals surface area contributed by atoms with Crippen molar-refractivity contribution in [3.05, 3.63) is 63.3 Å². The molecule has 148 valence electrons. The predicted octanol–water partition coefficient (Wildman–Crippen LogP) is 3.53. The monoisotopic (exact) mass is 410 g/mol. The van der Waals surface area contributed by atoms with E-state index in [1.54, 1.807) is 22.3 Å². The SMILES string of the molecule is Cc1nn(CC(=O)N2c3ccc(F)cc3CC[C@@H]2C)c(=O)c2cc3sccc3n12. The molecule has 5 rings (SSSR count). The summed E-state index contributed by atoms with van der Waals surface area (Å²) in [7, 11) is 0. The lowest BCUT2D eigenvalue weighted by Crippen LogP contribution is -2.45. The van der Waals surface area contributed by atoms with Gasteiger partial charge in [0.05, 0.1) is 10.2 Å². The van der Waals surface area contributed by atoms with Crippen molar-refractivity contribution in [2.45, 2.75) is 39.3 Å². The number of hydrogen-bond acceptors (Lipinski definition) is 4. The second-order valence-electron chi connectivity index (χ2n) is 7.47. The number of benzene rings is 1. The fourth-order valence-corrected chi connectivity index (χ4v) is 5.04. The molecule has 4 heterocycles. The molecule has 0 bridgehead atoms. The van der Waals surface area contributed by atoms with Gasteiger partial charge in [0.1, 0.15) is 23.7 Å². The van der Waals surface area contributed by atoms with E-state index in [1.807, 2.05) is 35.8 Å². The summed E-state index contributed by atoms with van der Waals surface area (Å²) in [6, 6.07) is 8.27. The van der Waals surface area contributed by atoms with E-state index in [0.29, 0.717) is 17.0 Å². The smallest absolute Gasteiger partial charge is 0.291 e. The molecule has 1 atom stereocenters. The molecule has 1 aromatic carbocycles. The maximum Gasteiger partial charge on any atom is 0.291 e. The van der Waals surface area contributed by atoms with Gasteiger partial charge in [0.2, 0.25) is 5.91 Å². The quantitative estimate of drug-likeness (QED) is 0.508. The third kappa shape index (κ3) is 2.78. The van der Waals surface area contributed by atoms with E-state index in [0.717, 1.165) is 28.6 Å². The van der Waals surface area contributed by atoms with E-state index in [9.17, 15) is 14.0 Å². The number of halogens is 1. The topological polar surface area (TPSA) is 59.6 Å². The Bertz CT molecular complexity index is 1340. The Morgan fingerprint density at radius 2 is 2.10 bits per heavy atom. The van der Waals surface area contributed by atoms with Crippen LogP contribution in [0.5, 0.6) is 0 Å². The van der Waals surface area contributed by atoms with E-state index in [2.05, 4.69) is 5.10 Å². The minimum Gasteiger partial charge on any atom is -0.308 e. The Hall–Kier alpha value is -3.00. The average Bonchev–Trinajstić information content (AvgIpc) is 3.27. The number of anilines is 1. The van der Waals surface area contributed by atoms with E-state index < -0.39 is 0 Å². The molecule has 0 saturated heterocycles. The van der Waals surface area contributed by atoms with Crippen LogP contribution in [-0.4, -0.2) is 26.1 Å². The largest absolute Gasteiger partial charge is 0.308 e. The molecule has 8 heteroatoms. The molecular formula is C21H19FN4O2S. The van der Waals surface area contributed by atoms with Gasteiger partial charge in [-0.2, -0.15) is 5.10 Å². The van der Waals surface area contributed by atoms with Crippen LogP contribution in [0.25, 0.3) is 15.7 Å².